The molecule has 0 saturated heterocycles. The first-order valence-corrected chi connectivity index (χ1v) is 6.21. The molecule has 0 aliphatic heterocycles. The number of benzene rings is 2. The minimum Gasteiger partial charge on any atom is -0.508 e. The number of hydrogen-bond acceptors (Lipinski definition) is 2. The Kier molecular flexibility index (Phi) is 4.24. The van der Waals surface area contributed by atoms with Crippen LogP contribution in [0.3, 0.4) is 0 Å². The van der Waals surface area contributed by atoms with Crippen molar-refractivity contribution in [3.8, 4) is 11.5 Å². The quantitative estimate of drug-likeness (QED) is 0.810. The Morgan fingerprint density at radius 1 is 1.06 bits per heavy atom. The molecule has 2 heteroatoms. The van der Waals surface area contributed by atoms with Gasteiger partial charge in [0.25, 0.3) is 0 Å². The molecule has 2 aromatic rings. The summed E-state index contributed by atoms with van der Waals surface area (Å²) in [7, 11) is 0. The van der Waals surface area contributed by atoms with Gasteiger partial charge in [0.2, 0.25) is 0 Å². The van der Waals surface area contributed by atoms with Crippen molar-refractivity contribution in [3.63, 3.8) is 0 Å². The number of phenolic OH excluding ortho intramolecular Hbond substituents is 1. The predicted octanol–water partition coefficient (Wildman–Crippen LogP) is 3.71. The van der Waals surface area contributed by atoms with Gasteiger partial charge in [0.15, 0.2) is 0 Å². The lowest BCUT2D eigenvalue weighted by Gasteiger charge is -2.06. The second-order valence-corrected chi connectivity index (χ2v) is 4.43. The first kappa shape index (κ1) is 12.5. The molecule has 1 N–H and O–H groups in total. The second kappa shape index (κ2) is 6.10. The molecule has 0 radical (unpaired) electrons. The lowest BCUT2D eigenvalue weighted by Crippen LogP contribution is -1.99. The first-order chi connectivity index (χ1) is 8.74. The number of hydrogen-bond donors (Lipinski definition) is 1. The minimum absolute atomic E-state index is 0.266. The van der Waals surface area contributed by atoms with E-state index in [9.17, 15) is 0 Å². The summed E-state index contributed by atoms with van der Waals surface area (Å²) in [5, 5.41) is 9.15. The van der Waals surface area contributed by atoms with Crippen molar-refractivity contribution in [2.45, 2.75) is 19.8 Å². The molecule has 0 amide bonds. The van der Waals surface area contributed by atoms with Crippen LogP contribution in [-0.4, -0.2) is 11.7 Å². The third kappa shape index (κ3) is 3.81. The Labute approximate surface area is 108 Å². The molecule has 2 nitrogen and oxygen atoms in total. The molecule has 0 heterocycles. The summed E-state index contributed by atoms with van der Waals surface area (Å²) in [6.07, 6.45) is 2.02. The summed E-state index contributed by atoms with van der Waals surface area (Å²) in [5.74, 6) is 1.07. The van der Waals surface area contributed by atoms with Crippen molar-refractivity contribution in [1.29, 1.82) is 0 Å². The Morgan fingerprint density at radius 3 is 2.56 bits per heavy atom. The summed E-state index contributed by atoms with van der Waals surface area (Å²) in [6, 6.07) is 15.4. The third-order valence-electron chi connectivity index (χ3n) is 2.80. The van der Waals surface area contributed by atoms with Crippen LogP contribution in [0.25, 0.3) is 0 Å². The van der Waals surface area contributed by atoms with Crippen LogP contribution in [0.15, 0.2) is 48.5 Å². The van der Waals surface area contributed by atoms with Crippen LogP contribution in [0.5, 0.6) is 11.5 Å². The van der Waals surface area contributed by atoms with Gasteiger partial charge in [0, 0.05) is 0 Å². The van der Waals surface area contributed by atoms with Crippen LogP contribution >= 0.6 is 0 Å². The van der Waals surface area contributed by atoms with E-state index in [4.69, 9.17) is 9.84 Å². The van der Waals surface area contributed by atoms with Crippen LogP contribution < -0.4 is 4.74 Å². The van der Waals surface area contributed by atoms with Gasteiger partial charge in [-0.25, -0.2) is 0 Å². The van der Waals surface area contributed by atoms with E-state index in [0.29, 0.717) is 6.61 Å². The fourth-order valence-electron chi connectivity index (χ4n) is 1.88. The van der Waals surface area contributed by atoms with Gasteiger partial charge in [-0.3, -0.25) is 0 Å². The van der Waals surface area contributed by atoms with Gasteiger partial charge in [-0.1, -0.05) is 29.8 Å². The standard InChI is InChI=1S/C16H18O2/c1-13-4-2-5-14(12-13)6-3-11-18-16-9-7-15(17)8-10-16/h2,4-5,7-10,12,17H,3,6,11H2,1H3. The summed E-state index contributed by atoms with van der Waals surface area (Å²) < 4.78 is 5.60. The van der Waals surface area contributed by atoms with E-state index in [1.165, 1.54) is 11.1 Å². The average molecular weight is 242 g/mol. The molecule has 0 atom stereocenters. The fraction of sp³-hybridized carbons (Fsp3) is 0.250. The zero-order valence-corrected chi connectivity index (χ0v) is 10.6. The normalized spacial score (nSPS) is 10.3. The molecule has 2 aromatic carbocycles. The minimum atomic E-state index is 0.266. The predicted molar refractivity (Wildman–Crippen MR) is 73.1 cm³/mol. The van der Waals surface area contributed by atoms with Gasteiger partial charge in [-0.2, -0.15) is 0 Å². The van der Waals surface area contributed by atoms with Gasteiger partial charge in [0.1, 0.15) is 11.5 Å². The van der Waals surface area contributed by atoms with Crippen molar-refractivity contribution < 1.29 is 9.84 Å². The molecule has 94 valence electrons. The van der Waals surface area contributed by atoms with Crippen LogP contribution in [-0.2, 0) is 6.42 Å². The molecule has 0 aliphatic carbocycles. The van der Waals surface area contributed by atoms with Crippen LogP contribution in [0.2, 0.25) is 0 Å². The molecule has 0 aromatic heterocycles. The van der Waals surface area contributed by atoms with Crippen molar-refractivity contribution in [2.75, 3.05) is 6.61 Å². The molecule has 0 aliphatic rings. The van der Waals surface area contributed by atoms with E-state index in [2.05, 4.69) is 31.2 Å². The van der Waals surface area contributed by atoms with E-state index in [0.717, 1.165) is 18.6 Å². The maximum absolute atomic E-state index is 9.15. The van der Waals surface area contributed by atoms with E-state index in [1.54, 1.807) is 24.3 Å². The highest BCUT2D eigenvalue weighted by Crippen LogP contribution is 2.16. The van der Waals surface area contributed by atoms with Crippen molar-refractivity contribution in [2.24, 2.45) is 0 Å². The zero-order chi connectivity index (χ0) is 12.8. The van der Waals surface area contributed by atoms with Crippen LogP contribution in [0.4, 0.5) is 0 Å². The monoisotopic (exact) mass is 242 g/mol. The molecule has 0 bridgehead atoms. The summed E-state index contributed by atoms with van der Waals surface area (Å²) in [4.78, 5) is 0. The molecule has 0 unspecified atom stereocenters. The van der Waals surface area contributed by atoms with Gasteiger partial charge >= 0.3 is 0 Å². The Morgan fingerprint density at radius 2 is 1.83 bits per heavy atom. The Balaban J connectivity index is 1.74. The van der Waals surface area contributed by atoms with E-state index >= 15 is 0 Å². The summed E-state index contributed by atoms with van der Waals surface area (Å²) >= 11 is 0. The molecule has 0 saturated carbocycles. The van der Waals surface area contributed by atoms with E-state index in [-0.39, 0.29) is 5.75 Å². The molecule has 2 rings (SSSR count). The van der Waals surface area contributed by atoms with Gasteiger partial charge < -0.3 is 9.84 Å². The highest BCUT2D eigenvalue weighted by Gasteiger charge is 1.96. The molecular formula is C16H18O2. The topological polar surface area (TPSA) is 29.5 Å². The van der Waals surface area contributed by atoms with Crippen molar-refractivity contribution in [3.05, 3.63) is 59.7 Å². The van der Waals surface area contributed by atoms with Gasteiger partial charge in [-0.15, -0.1) is 0 Å². The number of aryl methyl sites for hydroxylation is 2. The molecular weight excluding hydrogens is 224 g/mol. The Bertz CT molecular complexity index is 489. The van der Waals surface area contributed by atoms with E-state index < -0.39 is 0 Å². The highest BCUT2D eigenvalue weighted by atomic mass is 16.5. The zero-order valence-electron chi connectivity index (χ0n) is 10.6. The fourth-order valence-corrected chi connectivity index (χ4v) is 1.88. The number of phenols is 1. The first-order valence-electron chi connectivity index (χ1n) is 6.21. The lowest BCUT2D eigenvalue weighted by atomic mass is 10.1. The van der Waals surface area contributed by atoms with Crippen LogP contribution in [0.1, 0.15) is 17.5 Å². The summed E-state index contributed by atoms with van der Waals surface area (Å²) in [6.45, 7) is 2.80. The second-order valence-electron chi connectivity index (χ2n) is 4.43. The average Bonchev–Trinajstić information content (AvgIpc) is 2.37. The number of aromatic hydroxyl groups is 1. The molecule has 0 fully saturated rings. The number of rotatable bonds is 5. The number of ether oxygens (including phenoxy) is 1. The van der Waals surface area contributed by atoms with Crippen molar-refractivity contribution >= 4 is 0 Å². The SMILES string of the molecule is Cc1cccc(CCCOc2ccc(O)cc2)c1. The summed E-state index contributed by atoms with van der Waals surface area (Å²) in [5.41, 5.74) is 2.65. The largest absolute Gasteiger partial charge is 0.508 e. The maximum atomic E-state index is 9.15. The molecule has 0 spiro atoms. The van der Waals surface area contributed by atoms with Gasteiger partial charge in [0.05, 0.1) is 6.61 Å². The smallest absolute Gasteiger partial charge is 0.119 e. The van der Waals surface area contributed by atoms with Crippen LogP contribution in [0, 0.1) is 6.92 Å². The lowest BCUT2D eigenvalue weighted by molar-refractivity contribution is 0.310. The Hall–Kier alpha value is -1.96. The molecule has 18 heavy (non-hydrogen) atoms. The van der Waals surface area contributed by atoms with E-state index in [1.807, 2.05) is 0 Å². The maximum Gasteiger partial charge on any atom is 0.119 e. The highest BCUT2D eigenvalue weighted by molar-refractivity contribution is 5.30. The van der Waals surface area contributed by atoms with Crippen molar-refractivity contribution in [1.82, 2.24) is 0 Å². The third-order valence-corrected chi connectivity index (χ3v) is 2.80. The van der Waals surface area contributed by atoms with Gasteiger partial charge in [-0.05, 0) is 49.6 Å².